The molecule has 0 atom stereocenters. The topological polar surface area (TPSA) is 44.7 Å². The fourth-order valence-electron chi connectivity index (χ4n) is 3.49. The Kier molecular flexibility index (Phi) is 5.43. The molecule has 1 aromatic carbocycles. The van der Waals surface area contributed by atoms with Gasteiger partial charge in [-0.05, 0) is 66.6 Å². The van der Waals surface area contributed by atoms with E-state index in [2.05, 4.69) is 27.4 Å². The van der Waals surface area contributed by atoms with Crippen molar-refractivity contribution >= 4 is 28.5 Å². The maximum Gasteiger partial charge on any atom is 0.264 e. The van der Waals surface area contributed by atoms with Gasteiger partial charge in [0.25, 0.3) is 5.91 Å². The Morgan fingerprint density at radius 1 is 1.07 bits per heavy atom. The van der Waals surface area contributed by atoms with Crippen LogP contribution in [0.3, 0.4) is 0 Å². The van der Waals surface area contributed by atoms with Gasteiger partial charge in [0.05, 0.1) is 10.6 Å². The largest absolute Gasteiger partial charge is 0.375 e. The van der Waals surface area contributed by atoms with Gasteiger partial charge in [0.15, 0.2) is 5.17 Å². The Morgan fingerprint density at radius 3 is 2.56 bits per heavy atom. The fourth-order valence-corrected chi connectivity index (χ4v) is 4.34. The number of carbonyl (C=O) groups excluding carboxylic acids is 1. The summed E-state index contributed by atoms with van der Waals surface area (Å²) >= 11 is 1.32. The van der Waals surface area contributed by atoms with Gasteiger partial charge in [-0.25, -0.2) is 9.38 Å². The van der Waals surface area contributed by atoms with Crippen LogP contribution >= 0.6 is 11.8 Å². The number of amidine groups is 1. The summed E-state index contributed by atoms with van der Waals surface area (Å²) in [4.78, 5) is 19.8. The molecule has 2 heterocycles. The molecule has 0 unspecified atom stereocenters. The molecule has 6 heteroatoms. The van der Waals surface area contributed by atoms with E-state index in [9.17, 15) is 9.18 Å². The maximum absolute atomic E-state index is 13.0. The first-order chi connectivity index (χ1) is 13.2. The van der Waals surface area contributed by atoms with Gasteiger partial charge in [0.2, 0.25) is 0 Å². The molecule has 1 amide bonds. The molecule has 0 saturated carbocycles. The molecular weight excluding hydrogens is 361 g/mol. The van der Waals surface area contributed by atoms with Crippen LogP contribution in [0.25, 0.3) is 0 Å². The summed E-state index contributed by atoms with van der Waals surface area (Å²) in [6.45, 7) is 2.26. The first-order valence-electron chi connectivity index (χ1n) is 9.37. The summed E-state index contributed by atoms with van der Waals surface area (Å²) in [7, 11) is 0. The smallest absolute Gasteiger partial charge is 0.264 e. The number of allylic oxidation sites excluding steroid dienone is 4. The highest BCUT2D eigenvalue weighted by atomic mass is 32.2. The first-order valence-corrected chi connectivity index (χ1v) is 10.2. The number of hydrogen-bond donors (Lipinski definition) is 1. The van der Waals surface area contributed by atoms with Crippen molar-refractivity contribution in [3.05, 3.63) is 64.5 Å². The van der Waals surface area contributed by atoms with E-state index >= 15 is 0 Å². The number of likely N-dealkylation sites (tertiary alicyclic amines) is 1. The molecular formula is C21H22FN3OS. The van der Waals surface area contributed by atoms with Gasteiger partial charge in [0.1, 0.15) is 5.82 Å². The Bertz CT molecular complexity index is 847. The third kappa shape index (κ3) is 4.50. The molecule has 1 aliphatic carbocycles. The number of nitrogens with zero attached hydrogens (tertiary/aromatic N) is 2. The quantitative estimate of drug-likeness (QED) is 0.773. The van der Waals surface area contributed by atoms with Gasteiger partial charge < -0.3 is 10.2 Å². The molecule has 2 fully saturated rings. The number of rotatable bonds is 3. The molecule has 0 bridgehead atoms. The van der Waals surface area contributed by atoms with Crippen molar-refractivity contribution in [3.63, 3.8) is 0 Å². The number of halogens is 1. The summed E-state index contributed by atoms with van der Waals surface area (Å²) in [5.41, 5.74) is 3.12. The highest BCUT2D eigenvalue weighted by Crippen LogP contribution is 2.31. The van der Waals surface area contributed by atoms with Crippen LogP contribution in [0, 0.1) is 5.82 Å². The Morgan fingerprint density at radius 2 is 1.81 bits per heavy atom. The number of hydrogen-bond acceptors (Lipinski definition) is 4. The van der Waals surface area contributed by atoms with Crippen LogP contribution in [0.1, 0.15) is 32.1 Å². The Balaban J connectivity index is 1.40. The fraction of sp³-hybridized carbons (Fsp3) is 0.333. The average molecular weight is 383 g/mol. The number of amides is 1. The normalized spacial score (nSPS) is 23.4. The number of aliphatic imine (C=N–C) groups is 1. The number of nitrogens with one attached hydrogen (secondary N) is 1. The van der Waals surface area contributed by atoms with Crippen LogP contribution in [-0.4, -0.2) is 29.1 Å². The predicted molar refractivity (Wildman–Crippen MR) is 108 cm³/mol. The monoisotopic (exact) mass is 383 g/mol. The van der Waals surface area contributed by atoms with E-state index in [1.165, 1.54) is 55.3 Å². The SMILES string of the molecule is O=C1N/C(=N\c2ccc(F)cc2)S/C1=C/C1=CC=C(N2CCCCCC2)C1. The third-order valence-corrected chi connectivity index (χ3v) is 5.82. The Labute approximate surface area is 162 Å². The van der Waals surface area contributed by atoms with Crippen molar-refractivity contribution in [1.29, 1.82) is 0 Å². The van der Waals surface area contributed by atoms with Gasteiger partial charge in [-0.15, -0.1) is 0 Å². The lowest BCUT2D eigenvalue weighted by Crippen LogP contribution is -2.23. The van der Waals surface area contributed by atoms with Crippen molar-refractivity contribution < 1.29 is 9.18 Å². The van der Waals surface area contributed by atoms with Crippen LogP contribution in [0.2, 0.25) is 0 Å². The lowest BCUT2D eigenvalue weighted by molar-refractivity contribution is -0.115. The number of benzene rings is 1. The summed E-state index contributed by atoms with van der Waals surface area (Å²) in [6.07, 6.45) is 12.3. The number of thioether (sulfide) groups is 1. The van der Waals surface area contributed by atoms with E-state index in [-0.39, 0.29) is 11.7 Å². The molecule has 1 N–H and O–H groups in total. The molecule has 0 aromatic heterocycles. The third-order valence-electron chi connectivity index (χ3n) is 4.91. The Hall–Kier alpha value is -2.34. The van der Waals surface area contributed by atoms with Crippen molar-refractivity contribution in [1.82, 2.24) is 10.2 Å². The molecule has 3 aliphatic rings. The van der Waals surface area contributed by atoms with Crippen molar-refractivity contribution in [2.45, 2.75) is 32.1 Å². The van der Waals surface area contributed by atoms with E-state index in [0.29, 0.717) is 15.8 Å². The molecule has 27 heavy (non-hydrogen) atoms. The van der Waals surface area contributed by atoms with E-state index in [1.807, 2.05) is 6.08 Å². The molecule has 1 aromatic rings. The molecule has 0 spiro atoms. The summed E-state index contributed by atoms with van der Waals surface area (Å²) in [5, 5.41) is 3.31. The molecule has 0 radical (unpaired) electrons. The summed E-state index contributed by atoms with van der Waals surface area (Å²) < 4.78 is 13.0. The van der Waals surface area contributed by atoms with Crippen LogP contribution in [0.15, 0.2) is 63.7 Å². The van der Waals surface area contributed by atoms with Gasteiger partial charge >= 0.3 is 0 Å². The van der Waals surface area contributed by atoms with Crippen LogP contribution in [0.5, 0.6) is 0 Å². The van der Waals surface area contributed by atoms with Gasteiger partial charge in [-0.1, -0.05) is 18.9 Å². The van der Waals surface area contributed by atoms with E-state index in [1.54, 1.807) is 12.1 Å². The zero-order valence-electron chi connectivity index (χ0n) is 15.1. The van der Waals surface area contributed by atoms with Crippen LogP contribution in [0.4, 0.5) is 10.1 Å². The summed E-state index contributed by atoms with van der Waals surface area (Å²) in [6, 6.07) is 5.90. The van der Waals surface area contributed by atoms with Gasteiger partial charge in [0, 0.05) is 25.2 Å². The van der Waals surface area contributed by atoms with E-state index in [0.717, 1.165) is 25.1 Å². The first kappa shape index (κ1) is 18.0. The van der Waals surface area contributed by atoms with Crippen LogP contribution in [-0.2, 0) is 4.79 Å². The second-order valence-electron chi connectivity index (χ2n) is 6.94. The number of carbonyl (C=O) groups is 1. The second kappa shape index (κ2) is 8.13. The van der Waals surface area contributed by atoms with Gasteiger partial charge in [-0.2, -0.15) is 0 Å². The molecule has 140 valence electrons. The minimum absolute atomic E-state index is 0.134. The van der Waals surface area contributed by atoms with Crippen LogP contribution < -0.4 is 5.32 Å². The van der Waals surface area contributed by atoms with Crippen molar-refractivity contribution in [2.75, 3.05) is 13.1 Å². The minimum atomic E-state index is -0.302. The minimum Gasteiger partial charge on any atom is -0.375 e. The predicted octanol–water partition coefficient (Wildman–Crippen LogP) is 4.65. The van der Waals surface area contributed by atoms with Gasteiger partial charge in [-0.3, -0.25) is 4.79 Å². The molecule has 4 rings (SSSR count). The zero-order valence-corrected chi connectivity index (χ0v) is 15.9. The maximum atomic E-state index is 13.0. The summed E-state index contributed by atoms with van der Waals surface area (Å²) in [5.74, 6) is -0.437. The van der Waals surface area contributed by atoms with E-state index in [4.69, 9.17) is 0 Å². The van der Waals surface area contributed by atoms with Crippen molar-refractivity contribution in [2.24, 2.45) is 4.99 Å². The molecule has 2 aliphatic heterocycles. The highest BCUT2D eigenvalue weighted by Gasteiger charge is 2.25. The zero-order chi connectivity index (χ0) is 18.6. The standard InChI is InChI=1S/C21H22FN3OS/c22-16-6-8-17(9-7-16)23-21-24-20(26)19(27-21)14-15-5-10-18(13-15)25-11-3-1-2-4-12-25/h5-10,14H,1-4,11-13H2,(H,23,24,26)/b19-14+. The average Bonchev–Trinajstić information content (AvgIpc) is 3.14. The molecule has 4 nitrogen and oxygen atoms in total. The molecule has 2 saturated heterocycles. The second-order valence-corrected chi connectivity index (χ2v) is 7.97. The van der Waals surface area contributed by atoms with E-state index < -0.39 is 0 Å². The van der Waals surface area contributed by atoms with Crippen molar-refractivity contribution in [3.8, 4) is 0 Å². The lowest BCUT2D eigenvalue weighted by atomic mass is 10.2. The lowest BCUT2D eigenvalue weighted by Gasteiger charge is -2.24. The highest BCUT2D eigenvalue weighted by molar-refractivity contribution is 8.18.